The zero-order chi connectivity index (χ0) is 50.4. The molecule has 0 unspecified atom stereocenters. The van der Waals surface area contributed by atoms with Crippen molar-refractivity contribution in [3.05, 3.63) is 76.8 Å². The number of aryl methyl sites for hydroxylation is 1. The van der Waals surface area contributed by atoms with Gasteiger partial charge in [0.25, 0.3) is 5.91 Å². The maximum atomic E-state index is 15.4. The number of Topliss-reactive ketones (excluding diaryl/α,β-unsaturated/α-hetero) is 1. The molecule has 17 heteroatoms. The van der Waals surface area contributed by atoms with E-state index < -0.39 is 44.3 Å². The molecule has 4 fully saturated rings. The Balaban J connectivity index is 1.05. The van der Waals surface area contributed by atoms with E-state index in [0.717, 1.165) is 60.4 Å². The van der Waals surface area contributed by atoms with E-state index in [4.69, 9.17) is 19.4 Å². The molecule has 71 heavy (non-hydrogen) atoms. The lowest BCUT2D eigenvalue weighted by Crippen LogP contribution is -2.50. The summed E-state index contributed by atoms with van der Waals surface area (Å²) in [5, 5.41) is 7.01. The Morgan fingerprint density at radius 2 is 1.73 bits per heavy atom. The number of anilines is 1. The quantitative estimate of drug-likeness (QED) is 0.130. The van der Waals surface area contributed by atoms with Crippen LogP contribution in [-0.4, -0.2) is 125 Å². The minimum Gasteiger partial charge on any atom is -0.496 e. The Bertz CT molecular complexity index is 2830. The lowest BCUT2D eigenvalue weighted by Gasteiger charge is -2.37. The Kier molecular flexibility index (Phi) is 14.4. The lowest BCUT2D eigenvalue weighted by molar-refractivity contribution is -0.139. The van der Waals surface area contributed by atoms with E-state index in [1.54, 1.807) is 18.9 Å². The molecule has 0 bridgehead atoms. The van der Waals surface area contributed by atoms with Crippen LogP contribution in [0.1, 0.15) is 126 Å². The molecule has 3 aliphatic heterocycles. The molecule has 380 valence electrons. The highest BCUT2D eigenvalue weighted by Crippen LogP contribution is 2.58. The topological polar surface area (TPSA) is 180 Å². The summed E-state index contributed by atoms with van der Waals surface area (Å²) in [4.78, 5) is 74.5. The van der Waals surface area contributed by atoms with Crippen LogP contribution in [0.5, 0.6) is 11.5 Å². The molecule has 5 aliphatic rings. The van der Waals surface area contributed by atoms with Crippen molar-refractivity contribution in [2.24, 2.45) is 11.3 Å². The summed E-state index contributed by atoms with van der Waals surface area (Å²) in [7, 11) is -2.36. The van der Waals surface area contributed by atoms with Gasteiger partial charge in [0.15, 0.2) is 5.78 Å². The van der Waals surface area contributed by atoms with Gasteiger partial charge in [-0.25, -0.2) is 18.4 Å². The van der Waals surface area contributed by atoms with Crippen LogP contribution in [0.15, 0.2) is 60.0 Å². The van der Waals surface area contributed by atoms with Gasteiger partial charge in [0.2, 0.25) is 21.8 Å². The van der Waals surface area contributed by atoms with Crippen molar-refractivity contribution in [1.29, 1.82) is 0 Å². The number of carbonyl (C=O) groups excluding carboxylic acids is 4. The molecule has 2 aromatic heterocycles. The van der Waals surface area contributed by atoms with Gasteiger partial charge in [-0.05, 0) is 108 Å². The number of rotatable bonds is 12. The molecule has 2 aliphatic carbocycles. The number of hydrogen-bond donors (Lipinski definition) is 2. The summed E-state index contributed by atoms with van der Waals surface area (Å²) in [6.07, 6.45) is 8.12. The number of sulfonamides is 1. The van der Waals surface area contributed by atoms with Crippen LogP contribution in [0, 0.1) is 18.3 Å². The maximum absolute atomic E-state index is 15.4. The molecule has 2 saturated heterocycles. The number of aromatic nitrogens is 2. The number of piperazine rings is 1. The molecule has 9 rings (SSSR count). The highest BCUT2D eigenvalue weighted by atomic mass is 32.2. The zero-order valence-electron chi connectivity index (χ0n) is 42.2. The number of allylic oxidation sites excluding steroid dienone is 2. The average Bonchev–Trinajstić information content (AvgIpc) is 4.12. The number of thiazole rings is 1. The third-order valence-corrected chi connectivity index (χ3v) is 18.7. The molecule has 3 amide bonds. The monoisotopic (exact) mass is 1010 g/mol. The van der Waals surface area contributed by atoms with Gasteiger partial charge in [0.05, 0.1) is 41.1 Å². The second kappa shape index (κ2) is 20.3. The second-order valence-electron chi connectivity index (χ2n) is 21.3. The molecule has 2 N–H and O–H groups in total. The number of nitrogens with one attached hydrogen (secondary N) is 2. The van der Waals surface area contributed by atoms with Crippen molar-refractivity contribution >= 4 is 61.5 Å². The lowest BCUT2D eigenvalue weighted by atomic mass is 9.91. The molecule has 0 radical (unpaired) electrons. The predicted octanol–water partition coefficient (Wildman–Crippen LogP) is 8.28. The van der Waals surface area contributed by atoms with Crippen molar-refractivity contribution in [1.82, 2.24) is 29.4 Å². The Hall–Kier alpha value is -5.39. The predicted molar refractivity (Wildman–Crippen MR) is 276 cm³/mol. The van der Waals surface area contributed by atoms with Crippen LogP contribution in [0.2, 0.25) is 0 Å². The summed E-state index contributed by atoms with van der Waals surface area (Å²) in [5.74, 6) is -0.260. The minimum atomic E-state index is -3.98. The minimum absolute atomic E-state index is 0.0604. The first kappa shape index (κ1) is 50.5. The summed E-state index contributed by atoms with van der Waals surface area (Å²) >= 11 is 1.50. The van der Waals surface area contributed by atoms with Crippen molar-refractivity contribution in [3.8, 4) is 22.2 Å². The molecule has 15 nitrogen and oxygen atoms in total. The zero-order valence-corrected chi connectivity index (χ0v) is 43.8. The molecule has 5 heterocycles. The fourth-order valence-electron chi connectivity index (χ4n) is 10.5. The second-order valence-corrected chi connectivity index (χ2v) is 24.3. The molecule has 5 atom stereocenters. The SMILES string of the molecule is COc1ccc2c(O[C@@H]3C[C@H]4C(=O)C[C@]5(C(=O)NS(=O)(=O)C6(C)CC6)C[C@H]5/C=C\CCCCC[C@H](Nc5cccc(C(=O)N6CCN(C(C)C)CC6)c5)C(=O)N4C3)cc(-c3nc(C(C)C)cs3)nc2c1C. The van der Waals surface area contributed by atoms with E-state index in [1.165, 1.54) is 11.3 Å². The first-order chi connectivity index (χ1) is 33.9. The van der Waals surface area contributed by atoms with Crippen molar-refractivity contribution in [2.75, 3.05) is 45.2 Å². The number of hydrogen-bond acceptors (Lipinski definition) is 13. The van der Waals surface area contributed by atoms with Crippen LogP contribution in [-0.2, 0) is 24.4 Å². The number of methoxy groups -OCH3 is 1. The number of carbonyl (C=O) groups is 4. The maximum Gasteiger partial charge on any atom is 0.254 e. The summed E-state index contributed by atoms with van der Waals surface area (Å²) in [5.41, 5.74) is 2.95. The Labute approximate surface area is 422 Å². The fraction of sp³-hybridized carbons (Fsp3) is 0.556. The number of fused-ring (bicyclic) bond motifs is 3. The fourth-order valence-corrected chi connectivity index (χ4v) is 12.8. The van der Waals surface area contributed by atoms with E-state index in [9.17, 15) is 18.0 Å². The Morgan fingerprint density at radius 3 is 2.44 bits per heavy atom. The number of pyridine rings is 1. The number of ketones is 1. The molecule has 0 spiro atoms. The average molecular weight is 1010 g/mol. The summed E-state index contributed by atoms with van der Waals surface area (Å²) in [6, 6.07) is 11.6. The summed E-state index contributed by atoms with van der Waals surface area (Å²) in [6.45, 7) is 15.0. The summed E-state index contributed by atoms with van der Waals surface area (Å²) < 4.78 is 41.0. The molecule has 2 saturated carbocycles. The van der Waals surface area contributed by atoms with Crippen LogP contribution >= 0.6 is 11.3 Å². The van der Waals surface area contributed by atoms with Crippen molar-refractivity contribution < 1.29 is 37.1 Å². The van der Waals surface area contributed by atoms with Gasteiger partial charge in [-0.3, -0.25) is 28.8 Å². The third kappa shape index (κ3) is 10.5. The normalized spacial score (nSPS) is 25.5. The number of nitrogens with zero attached hydrogens (tertiary/aromatic N) is 5. The van der Waals surface area contributed by atoms with Crippen molar-refractivity contribution in [3.63, 3.8) is 0 Å². The molecule has 2 aromatic carbocycles. The smallest absolute Gasteiger partial charge is 0.254 e. The van der Waals surface area contributed by atoms with E-state index in [0.29, 0.717) is 78.8 Å². The van der Waals surface area contributed by atoms with Gasteiger partial charge >= 0.3 is 0 Å². The van der Waals surface area contributed by atoms with Crippen LogP contribution in [0.4, 0.5) is 5.69 Å². The molecular formula is C54H69N7O8S2. The van der Waals surface area contributed by atoms with Crippen molar-refractivity contribution in [2.45, 2.75) is 141 Å². The first-order valence-corrected chi connectivity index (χ1v) is 27.8. The van der Waals surface area contributed by atoms with Gasteiger partial charge in [0.1, 0.15) is 34.3 Å². The van der Waals surface area contributed by atoms with E-state index >= 15 is 9.59 Å². The number of ether oxygens (including phenoxy) is 2. The molecular weight excluding hydrogens is 939 g/mol. The number of amides is 3. The van der Waals surface area contributed by atoms with E-state index in [-0.39, 0.29) is 48.8 Å². The third-order valence-electron chi connectivity index (χ3n) is 15.6. The van der Waals surface area contributed by atoms with E-state index in [2.05, 4.69) is 42.6 Å². The highest BCUT2D eigenvalue weighted by molar-refractivity contribution is 7.91. The molecule has 4 aromatic rings. The van der Waals surface area contributed by atoms with Gasteiger partial charge in [0, 0.05) is 78.7 Å². The largest absolute Gasteiger partial charge is 0.496 e. The number of benzene rings is 2. The van der Waals surface area contributed by atoms with Gasteiger partial charge in [-0.1, -0.05) is 44.9 Å². The highest BCUT2D eigenvalue weighted by Gasteiger charge is 2.62. The van der Waals surface area contributed by atoms with Crippen LogP contribution in [0.3, 0.4) is 0 Å². The standard InChI is InChI=1S/C54H69N7O8S2/c1-33(2)43-32-70-49(57-43)42-28-47(40-18-19-46(68-7)35(5)48(40)56-42)69-39-27-44-45(62)30-54(52(65)58-71(66,67)53(6)20-21-53)29-37(54)15-11-9-8-10-12-17-41(51(64)61(44)31-39)55-38-16-13-14-36(26-38)50(63)60-24-22-59(23-25-60)34(3)4/h11,13-16,18-19,26,28,32-34,37,39,41,44,55H,8-10,12,17,20-25,27,29-31H2,1-7H3,(H,58,65)/b15-11-/t37-,39-,41+,44+,54-/m1/s1. The van der Waals surface area contributed by atoms with E-state index in [1.807, 2.05) is 71.8 Å². The van der Waals surface area contributed by atoms with Crippen LogP contribution < -0.4 is 19.5 Å². The van der Waals surface area contributed by atoms with Gasteiger partial charge < -0.3 is 24.6 Å². The first-order valence-electron chi connectivity index (χ1n) is 25.5. The van der Waals surface area contributed by atoms with Gasteiger partial charge in [-0.15, -0.1) is 11.3 Å². The van der Waals surface area contributed by atoms with Crippen LogP contribution in [0.25, 0.3) is 21.6 Å². The Morgan fingerprint density at radius 1 is 0.958 bits per heavy atom. The van der Waals surface area contributed by atoms with Gasteiger partial charge in [-0.2, -0.15) is 0 Å².